The normalized spacial score (nSPS) is 13.9. The summed E-state index contributed by atoms with van der Waals surface area (Å²) in [5.74, 6) is 0. The van der Waals surface area contributed by atoms with Gasteiger partial charge in [-0.3, -0.25) is 4.90 Å². The van der Waals surface area contributed by atoms with Crippen LogP contribution < -0.4 is 0 Å². The summed E-state index contributed by atoms with van der Waals surface area (Å²) < 4.78 is 0. The molecule has 4 aromatic carbocycles. The van der Waals surface area contributed by atoms with Crippen LogP contribution in [0.1, 0.15) is 48.4 Å². The molecule has 1 N–H and O–H groups in total. The summed E-state index contributed by atoms with van der Waals surface area (Å²) in [5.41, 5.74) is 3.78. The number of rotatable bonds is 12. The van der Waals surface area contributed by atoms with Gasteiger partial charge in [0, 0.05) is 19.1 Å². The molecule has 2 heteroatoms. The molecule has 0 spiro atoms. The Hall–Kier alpha value is -3.20. The maximum absolute atomic E-state index is 12.6. The molecule has 0 saturated heterocycles. The van der Waals surface area contributed by atoms with Gasteiger partial charge in [0.2, 0.25) is 0 Å². The van der Waals surface area contributed by atoms with E-state index in [1.807, 2.05) is 18.2 Å². The van der Waals surface area contributed by atoms with Crippen molar-refractivity contribution >= 4 is 0 Å². The number of nitrogens with zero attached hydrogens (tertiary/aromatic N) is 1. The van der Waals surface area contributed by atoms with Crippen LogP contribution in [0.15, 0.2) is 121 Å². The number of hydrogen-bond donors (Lipinski definition) is 1. The quantitative estimate of drug-likeness (QED) is 0.237. The molecule has 0 amide bonds. The minimum atomic E-state index is -0.976. The largest absolute Gasteiger partial charge is 0.384 e. The lowest BCUT2D eigenvalue weighted by atomic mass is 9.78. The van der Waals surface area contributed by atoms with E-state index in [1.54, 1.807) is 0 Å². The number of hydrogen-bond acceptors (Lipinski definition) is 2. The fourth-order valence-corrected chi connectivity index (χ4v) is 5.03. The van der Waals surface area contributed by atoms with Gasteiger partial charge in [-0.15, -0.1) is 0 Å². The van der Waals surface area contributed by atoms with Gasteiger partial charge in [0.05, 0.1) is 0 Å². The molecule has 0 saturated carbocycles. The van der Waals surface area contributed by atoms with E-state index in [-0.39, 0.29) is 6.04 Å². The Labute approximate surface area is 210 Å². The van der Waals surface area contributed by atoms with E-state index in [9.17, 15) is 5.11 Å². The van der Waals surface area contributed by atoms with E-state index >= 15 is 0 Å². The van der Waals surface area contributed by atoms with Crippen molar-refractivity contribution in [1.82, 2.24) is 4.90 Å². The molecule has 0 bridgehead atoms. The van der Waals surface area contributed by atoms with Crippen molar-refractivity contribution in [2.45, 2.75) is 57.3 Å². The molecule has 0 aliphatic rings. The summed E-state index contributed by atoms with van der Waals surface area (Å²) >= 11 is 0. The van der Waals surface area contributed by atoms with Gasteiger partial charge in [0.15, 0.2) is 0 Å². The van der Waals surface area contributed by atoms with Crippen LogP contribution >= 0.6 is 0 Å². The topological polar surface area (TPSA) is 23.5 Å². The van der Waals surface area contributed by atoms with Crippen molar-refractivity contribution < 1.29 is 5.11 Å². The van der Waals surface area contributed by atoms with Gasteiger partial charge in [0.25, 0.3) is 0 Å². The molecule has 0 aromatic heterocycles. The summed E-state index contributed by atoms with van der Waals surface area (Å²) in [7, 11) is 0. The second-order valence-corrected chi connectivity index (χ2v) is 9.48. The van der Waals surface area contributed by atoms with Gasteiger partial charge >= 0.3 is 0 Å². The second kappa shape index (κ2) is 12.5. The molecule has 0 aliphatic heterocycles. The summed E-state index contributed by atoms with van der Waals surface area (Å²) in [5, 5.41) is 12.6. The van der Waals surface area contributed by atoms with E-state index < -0.39 is 5.60 Å². The Bertz CT molecular complexity index is 1070. The molecule has 0 aliphatic carbocycles. The smallest absolute Gasteiger partial charge is 0.105 e. The van der Waals surface area contributed by atoms with Gasteiger partial charge in [-0.05, 0) is 35.1 Å². The van der Waals surface area contributed by atoms with E-state index in [0.717, 1.165) is 44.3 Å². The Morgan fingerprint density at radius 2 is 1.06 bits per heavy atom. The molecule has 0 heterocycles. The average Bonchev–Trinajstić information content (AvgIpc) is 2.92. The van der Waals surface area contributed by atoms with Crippen LogP contribution in [0.5, 0.6) is 0 Å². The zero-order chi connectivity index (χ0) is 24.3. The van der Waals surface area contributed by atoms with Crippen LogP contribution in [-0.4, -0.2) is 16.0 Å². The molecule has 4 rings (SSSR count). The first-order valence-electron chi connectivity index (χ1n) is 12.8. The third kappa shape index (κ3) is 6.69. The van der Waals surface area contributed by atoms with Crippen molar-refractivity contribution in [2.75, 3.05) is 0 Å². The van der Waals surface area contributed by atoms with Crippen LogP contribution in [0.2, 0.25) is 0 Å². The molecular formula is C33H37NO. The lowest BCUT2D eigenvalue weighted by Crippen LogP contribution is -2.51. The first-order chi connectivity index (χ1) is 17.2. The van der Waals surface area contributed by atoms with Crippen LogP contribution in [0.25, 0.3) is 0 Å². The van der Waals surface area contributed by atoms with Crippen LogP contribution in [0.4, 0.5) is 0 Å². The average molecular weight is 464 g/mol. The van der Waals surface area contributed by atoms with Crippen molar-refractivity contribution in [3.63, 3.8) is 0 Å². The Kier molecular flexibility index (Phi) is 8.89. The Balaban J connectivity index is 1.81. The minimum Gasteiger partial charge on any atom is -0.384 e. The molecule has 0 unspecified atom stereocenters. The fraction of sp³-hybridized carbons (Fsp3) is 0.273. The highest BCUT2D eigenvalue weighted by Crippen LogP contribution is 2.37. The first-order valence-corrected chi connectivity index (χ1v) is 12.8. The van der Waals surface area contributed by atoms with Gasteiger partial charge in [-0.1, -0.05) is 141 Å². The molecule has 0 fully saturated rings. The van der Waals surface area contributed by atoms with Gasteiger partial charge < -0.3 is 5.11 Å². The predicted molar refractivity (Wildman–Crippen MR) is 146 cm³/mol. The molecule has 2 nitrogen and oxygen atoms in total. The van der Waals surface area contributed by atoms with Crippen LogP contribution in [0.3, 0.4) is 0 Å². The highest BCUT2D eigenvalue weighted by molar-refractivity contribution is 5.28. The van der Waals surface area contributed by atoms with Gasteiger partial charge in [-0.25, -0.2) is 0 Å². The molecule has 4 aromatic rings. The van der Waals surface area contributed by atoms with E-state index in [1.165, 1.54) is 16.7 Å². The summed E-state index contributed by atoms with van der Waals surface area (Å²) in [6.45, 7) is 3.74. The maximum atomic E-state index is 12.6. The standard InChI is InChI=1S/C33H37NO/c1-2-3-24-33(35,31-22-14-7-15-23-31)32(25-28-16-8-4-9-17-28)34(26-29-18-10-5-11-19-29)27-30-20-12-6-13-21-30/h4-23,32,35H,2-3,24-27H2,1H3/t32-,33+/m0/s1. The van der Waals surface area contributed by atoms with Gasteiger partial charge in [0.1, 0.15) is 5.60 Å². The highest BCUT2D eigenvalue weighted by Gasteiger charge is 2.41. The summed E-state index contributed by atoms with van der Waals surface area (Å²) in [6, 6.07) is 42.1. The molecule has 0 radical (unpaired) electrons. The van der Waals surface area contributed by atoms with E-state index in [0.29, 0.717) is 0 Å². The maximum Gasteiger partial charge on any atom is 0.105 e. The lowest BCUT2D eigenvalue weighted by Gasteiger charge is -2.44. The molecular weight excluding hydrogens is 426 g/mol. The zero-order valence-corrected chi connectivity index (χ0v) is 20.8. The monoisotopic (exact) mass is 463 g/mol. The third-order valence-corrected chi connectivity index (χ3v) is 6.91. The van der Waals surface area contributed by atoms with Gasteiger partial charge in [-0.2, -0.15) is 0 Å². The second-order valence-electron chi connectivity index (χ2n) is 9.48. The summed E-state index contributed by atoms with van der Waals surface area (Å²) in [4.78, 5) is 2.49. The number of unbranched alkanes of at least 4 members (excludes halogenated alkanes) is 1. The molecule has 35 heavy (non-hydrogen) atoms. The molecule has 2 atom stereocenters. The number of benzene rings is 4. The SMILES string of the molecule is CCCC[C@@](O)(c1ccccc1)[C@H](Cc1ccccc1)N(Cc1ccccc1)Cc1ccccc1. The van der Waals surface area contributed by atoms with E-state index in [4.69, 9.17) is 0 Å². The lowest BCUT2D eigenvalue weighted by molar-refractivity contribution is -0.0673. The van der Waals surface area contributed by atoms with Crippen LogP contribution in [-0.2, 0) is 25.1 Å². The van der Waals surface area contributed by atoms with Crippen molar-refractivity contribution in [3.05, 3.63) is 144 Å². The Morgan fingerprint density at radius 1 is 0.629 bits per heavy atom. The highest BCUT2D eigenvalue weighted by atomic mass is 16.3. The van der Waals surface area contributed by atoms with Crippen molar-refractivity contribution in [2.24, 2.45) is 0 Å². The minimum absolute atomic E-state index is 0.0979. The first kappa shape index (κ1) is 24.9. The fourth-order valence-electron chi connectivity index (χ4n) is 5.03. The zero-order valence-electron chi connectivity index (χ0n) is 20.8. The summed E-state index contributed by atoms with van der Waals surface area (Å²) in [6.07, 6.45) is 3.52. The third-order valence-electron chi connectivity index (χ3n) is 6.91. The van der Waals surface area contributed by atoms with E-state index in [2.05, 4.69) is 115 Å². The van der Waals surface area contributed by atoms with Crippen molar-refractivity contribution in [1.29, 1.82) is 0 Å². The van der Waals surface area contributed by atoms with Crippen molar-refractivity contribution in [3.8, 4) is 0 Å². The molecule has 180 valence electrons. The van der Waals surface area contributed by atoms with Crippen LogP contribution in [0, 0.1) is 0 Å². The number of aliphatic hydroxyl groups is 1. The predicted octanol–water partition coefficient (Wildman–Crippen LogP) is 7.38. The Morgan fingerprint density at radius 3 is 1.51 bits per heavy atom.